The molecule has 4 amide bonds. The largest absolute Gasteiger partial charge is 0.416 e. The SMILES string of the molecule is Cc1cccc(NC(=O)CN2C(=O)NC(C)(c3cccc(C(F)(F)F)c3)C2=O)c1C. The molecule has 1 saturated heterocycles. The van der Waals surface area contributed by atoms with Crippen molar-refractivity contribution in [1.29, 1.82) is 0 Å². The predicted octanol–water partition coefficient (Wildman–Crippen LogP) is 3.73. The van der Waals surface area contributed by atoms with Gasteiger partial charge < -0.3 is 10.6 Å². The molecule has 2 aromatic carbocycles. The van der Waals surface area contributed by atoms with Gasteiger partial charge in [-0.25, -0.2) is 4.79 Å². The first-order chi connectivity index (χ1) is 13.9. The Morgan fingerprint density at radius 2 is 1.80 bits per heavy atom. The average Bonchev–Trinajstić information content (AvgIpc) is 2.89. The van der Waals surface area contributed by atoms with E-state index < -0.39 is 41.7 Å². The second kappa shape index (κ2) is 7.47. The number of rotatable bonds is 4. The summed E-state index contributed by atoms with van der Waals surface area (Å²) in [7, 11) is 0. The van der Waals surface area contributed by atoms with Gasteiger partial charge in [-0.1, -0.05) is 24.3 Å². The number of benzene rings is 2. The number of nitrogens with one attached hydrogen (secondary N) is 2. The van der Waals surface area contributed by atoms with Gasteiger partial charge in [0.2, 0.25) is 5.91 Å². The molecule has 3 rings (SSSR count). The number of imide groups is 1. The number of halogens is 3. The van der Waals surface area contributed by atoms with E-state index in [1.807, 2.05) is 19.9 Å². The Kier molecular flexibility index (Phi) is 5.32. The van der Waals surface area contributed by atoms with Crippen molar-refractivity contribution in [2.75, 3.05) is 11.9 Å². The lowest BCUT2D eigenvalue weighted by atomic mass is 9.90. The summed E-state index contributed by atoms with van der Waals surface area (Å²) in [5, 5.41) is 5.06. The molecule has 0 bridgehead atoms. The summed E-state index contributed by atoms with van der Waals surface area (Å²) in [6, 6.07) is 8.67. The average molecular weight is 419 g/mol. The number of aryl methyl sites for hydroxylation is 1. The minimum absolute atomic E-state index is 0.0203. The molecular formula is C21H20F3N3O3. The van der Waals surface area contributed by atoms with Crippen LogP contribution in [0.4, 0.5) is 23.7 Å². The Labute approximate surface area is 171 Å². The van der Waals surface area contributed by atoms with Gasteiger partial charge in [0.1, 0.15) is 12.1 Å². The van der Waals surface area contributed by atoms with Crippen LogP contribution >= 0.6 is 0 Å². The Morgan fingerprint density at radius 1 is 1.13 bits per heavy atom. The summed E-state index contributed by atoms with van der Waals surface area (Å²) in [6.07, 6.45) is -4.59. The van der Waals surface area contributed by atoms with E-state index in [1.54, 1.807) is 12.1 Å². The smallest absolute Gasteiger partial charge is 0.324 e. The summed E-state index contributed by atoms with van der Waals surface area (Å²) in [4.78, 5) is 38.4. The number of nitrogens with zero attached hydrogens (tertiary/aromatic N) is 1. The normalized spacial score (nSPS) is 19.1. The van der Waals surface area contributed by atoms with E-state index >= 15 is 0 Å². The van der Waals surface area contributed by atoms with Crippen LogP contribution in [0.1, 0.15) is 29.2 Å². The quantitative estimate of drug-likeness (QED) is 0.742. The third-order valence-corrected chi connectivity index (χ3v) is 5.22. The molecule has 2 aromatic rings. The van der Waals surface area contributed by atoms with Crippen molar-refractivity contribution in [3.8, 4) is 0 Å². The minimum Gasteiger partial charge on any atom is -0.324 e. The molecule has 1 fully saturated rings. The molecule has 1 atom stereocenters. The van der Waals surface area contributed by atoms with Gasteiger partial charge in [0.25, 0.3) is 5.91 Å². The van der Waals surface area contributed by atoms with Gasteiger partial charge in [0, 0.05) is 5.69 Å². The standard InChI is InChI=1S/C21H20F3N3O3/c1-12-6-4-9-16(13(12)2)25-17(28)11-27-18(29)20(3,26-19(27)30)14-7-5-8-15(10-14)21(22,23)24/h4-10H,11H2,1-3H3,(H,25,28)(H,26,30). The number of anilines is 1. The maximum atomic E-state index is 13.0. The van der Waals surface area contributed by atoms with Crippen LogP contribution in [0, 0.1) is 13.8 Å². The number of alkyl halides is 3. The molecule has 0 aliphatic carbocycles. The fourth-order valence-corrected chi connectivity index (χ4v) is 3.26. The Morgan fingerprint density at radius 3 is 2.47 bits per heavy atom. The lowest BCUT2D eigenvalue weighted by Crippen LogP contribution is -2.42. The number of amides is 4. The summed E-state index contributed by atoms with van der Waals surface area (Å²) in [6.45, 7) is 4.45. The third-order valence-electron chi connectivity index (χ3n) is 5.22. The number of carbonyl (C=O) groups is 3. The Bertz CT molecular complexity index is 1040. The molecule has 0 aromatic heterocycles. The highest BCUT2D eigenvalue weighted by atomic mass is 19.4. The van der Waals surface area contributed by atoms with E-state index in [9.17, 15) is 27.6 Å². The first-order valence-electron chi connectivity index (χ1n) is 9.11. The van der Waals surface area contributed by atoms with Gasteiger partial charge in [0.15, 0.2) is 0 Å². The van der Waals surface area contributed by atoms with Crippen molar-refractivity contribution in [3.63, 3.8) is 0 Å². The van der Waals surface area contributed by atoms with Gasteiger partial charge in [0.05, 0.1) is 5.56 Å². The Balaban J connectivity index is 1.81. The molecular weight excluding hydrogens is 399 g/mol. The molecule has 158 valence electrons. The Hall–Kier alpha value is -3.36. The van der Waals surface area contributed by atoms with Crippen LogP contribution in [0.25, 0.3) is 0 Å². The number of urea groups is 1. The zero-order chi connectivity index (χ0) is 22.3. The van der Waals surface area contributed by atoms with Crippen molar-refractivity contribution in [2.45, 2.75) is 32.5 Å². The topological polar surface area (TPSA) is 78.5 Å². The lowest BCUT2D eigenvalue weighted by Gasteiger charge is -2.23. The van der Waals surface area contributed by atoms with Crippen molar-refractivity contribution in [3.05, 3.63) is 64.7 Å². The maximum Gasteiger partial charge on any atom is 0.416 e. The molecule has 30 heavy (non-hydrogen) atoms. The van der Waals surface area contributed by atoms with Crippen LogP contribution in [0.15, 0.2) is 42.5 Å². The highest BCUT2D eigenvalue weighted by Gasteiger charge is 2.50. The van der Waals surface area contributed by atoms with Crippen LogP contribution in [0.2, 0.25) is 0 Å². The van der Waals surface area contributed by atoms with Crippen molar-refractivity contribution >= 4 is 23.5 Å². The van der Waals surface area contributed by atoms with Crippen molar-refractivity contribution in [2.24, 2.45) is 0 Å². The van der Waals surface area contributed by atoms with Gasteiger partial charge in [-0.2, -0.15) is 13.2 Å². The highest BCUT2D eigenvalue weighted by molar-refractivity contribution is 6.10. The first kappa shape index (κ1) is 21.4. The van der Waals surface area contributed by atoms with Crippen LogP contribution in [0.3, 0.4) is 0 Å². The molecule has 1 aliphatic heterocycles. The van der Waals surface area contributed by atoms with Crippen LogP contribution in [-0.4, -0.2) is 29.3 Å². The maximum absolute atomic E-state index is 13.0. The number of hydrogen-bond acceptors (Lipinski definition) is 3. The molecule has 2 N–H and O–H groups in total. The minimum atomic E-state index is -4.59. The lowest BCUT2D eigenvalue weighted by molar-refractivity contribution is -0.138. The molecule has 0 radical (unpaired) electrons. The molecule has 0 saturated carbocycles. The summed E-state index contributed by atoms with van der Waals surface area (Å²) >= 11 is 0. The van der Waals surface area contributed by atoms with Crippen LogP contribution in [-0.2, 0) is 21.3 Å². The molecule has 1 aliphatic rings. The fourth-order valence-electron chi connectivity index (χ4n) is 3.26. The monoisotopic (exact) mass is 419 g/mol. The second-order valence-corrected chi connectivity index (χ2v) is 7.32. The second-order valence-electron chi connectivity index (χ2n) is 7.32. The van der Waals surface area contributed by atoms with Crippen molar-refractivity contribution < 1.29 is 27.6 Å². The molecule has 1 heterocycles. The number of carbonyl (C=O) groups excluding carboxylic acids is 3. The van der Waals surface area contributed by atoms with E-state index in [1.165, 1.54) is 19.1 Å². The third kappa shape index (κ3) is 3.87. The van der Waals surface area contributed by atoms with E-state index in [4.69, 9.17) is 0 Å². The fraction of sp³-hybridized carbons (Fsp3) is 0.286. The van der Waals surface area contributed by atoms with E-state index in [0.717, 1.165) is 23.3 Å². The van der Waals surface area contributed by atoms with E-state index in [-0.39, 0.29) is 5.56 Å². The highest BCUT2D eigenvalue weighted by Crippen LogP contribution is 2.34. The summed E-state index contributed by atoms with van der Waals surface area (Å²) < 4.78 is 39.1. The van der Waals surface area contributed by atoms with Crippen molar-refractivity contribution in [1.82, 2.24) is 10.2 Å². The van der Waals surface area contributed by atoms with E-state index in [2.05, 4.69) is 10.6 Å². The van der Waals surface area contributed by atoms with Gasteiger partial charge >= 0.3 is 12.2 Å². The van der Waals surface area contributed by atoms with Gasteiger partial charge in [-0.05, 0) is 55.7 Å². The predicted molar refractivity (Wildman–Crippen MR) is 104 cm³/mol. The summed E-state index contributed by atoms with van der Waals surface area (Å²) in [5.41, 5.74) is -0.315. The zero-order valence-electron chi connectivity index (χ0n) is 16.6. The number of hydrogen-bond donors (Lipinski definition) is 2. The molecule has 0 spiro atoms. The molecule has 1 unspecified atom stereocenters. The van der Waals surface area contributed by atoms with Crippen LogP contribution < -0.4 is 10.6 Å². The van der Waals surface area contributed by atoms with Crippen LogP contribution in [0.5, 0.6) is 0 Å². The van der Waals surface area contributed by atoms with E-state index in [0.29, 0.717) is 10.6 Å². The molecule has 9 heteroatoms. The molecule has 6 nitrogen and oxygen atoms in total. The summed E-state index contributed by atoms with van der Waals surface area (Å²) in [5.74, 6) is -1.40. The van der Waals surface area contributed by atoms with Gasteiger partial charge in [-0.15, -0.1) is 0 Å². The first-order valence-corrected chi connectivity index (χ1v) is 9.11. The van der Waals surface area contributed by atoms with Gasteiger partial charge in [-0.3, -0.25) is 14.5 Å². The zero-order valence-corrected chi connectivity index (χ0v) is 16.6.